The molecule has 1 spiro atoms. The zero-order valence-electron chi connectivity index (χ0n) is 16.9. The molecule has 1 aromatic heterocycles. The van der Waals surface area contributed by atoms with Crippen molar-refractivity contribution in [2.75, 3.05) is 13.1 Å². The molecule has 29 heavy (non-hydrogen) atoms. The lowest BCUT2D eigenvalue weighted by Gasteiger charge is -2.45. The number of piperidine rings is 1. The molecule has 3 heterocycles. The van der Waals surface area contributed by atoms with Gasteiger partial charge in [-0.15, -0.1) is 0 Å². The predicted molar refractivity (Wildman–Crippen MR) is 109 cm³/mol. The molecule has 150 valence electrons. The van der Waals surface area contributed by atoms with Gasteiger partial charge < -0.3 is 14.4 Å². The summed E-state index contributed by atoms with van der Waals surface area (Å²) >= 11 is 0. The number of likely N-dealkylation sites (tertiary alicyclic amines) is 2. The Morgan fingerprint density at radius 3 is 2.66 bits per heavy atom. The average Bonchev–Trinajstić information content (AvgIpc) is 3.43. The van der Waals surface area contributed by atoms with E-state index < -0.39 is 5.54 Å². The third kappa shape index (κ3) is 2.67. The van der Waals surface area contributed by atoms with Crippen LogP contribution < -0.4 is 0 Å². The van der Waals surface area contributed by atoms with Gasteiger partial charge in [0.15, 0.2) is 0 Å². The monoisotopic (exact) mass is 390 g/mol. The van der Waals surface area contributed by atoms with Crippen molar-refractivity contribution >= 4 is 22.7 Å². The molecule has 6 nitrogen and oxygen atoms in total. The predicted octanol–water partition coefficient (Wildman–Crippen LogP) is 2.97. The van der Waals surface area contributed by atoms with E-state index in [4.69, 9.17) is 0 Å². The summed E-state index contributed by atoms with van der Waals surface area (Å²) in [5, 5.41) is 10.5. The molecule has 0 bridgehead atoms. The molecule has 3 fully saturated rings. The first-order valence-electron chi connectivity index (χ1n) is 10.7. The molecule has 0 radical (unpaired) electrons. The summed E-state index contributed by atoms with van der Waals surface area (Å²) < 4.78 is 1.94. The fourth-order valence-corrected chi connectivity index (χ4v) is 5.47. The highest BCUT2D eigenvalue weighted by Crippen LogP contribution is 2.42. The zero-order chi connectivity index (χ0) is 20.2. The number of amides is 2. The van der Waals surface area contributed by atoms with E-state index in [-0.39, 0.29) is 18.4 Å². The minimum absolute atomic E-state index is 0.0122. The van der Waals surface area contributed by atoms with Gasteiger partial charge in [0, 0.05) is 30.2 Å². The first kappa shape index (κ1) is 18.2. The van der Waals surface area contributed by atoms with Crippen molar-refractivity contribution in [3.63, 3.8) is 0 Å². The van der Waals surface area contributed by atoms with Crippen LogP contribution in [0.5, 0.6) is 0 Å². The highest BCUT2D eigenvalue weighted by atomic mass is 16.2. The normalized spacial score (nSPS) is 24.5. The van der Waals surface area contributed by atoms with Gasteiger partial charge in [-0.05, 0) is 51.5 Å². The quantitative estimate of drug-likeness (QED) is 0.809. The molecule has 3 aliphatic rings. The maximum Gasteiger partial charge on any atom is 0.248 e. The molecule has 6 heteroatoms. The van der Waals surface area contributed by atoms with Crippen molar-refractivity contribution in [2.24, 2.45) is 0 Å². The van der Waals surface area contributed by atoms with E-state index in [0.717, 1.165) is 61.7 Å². The topological polar surface area (TPSA) is 69.3 Å². The summed E-state index contributed by atoms with van der Waals surface area (Å²) in [6.07, 6.45) is 5.59. The number of hydrogen-bond donors (Lipinski definition) is 0. The fraction of sp³-hybridized carbons (Fsp3) is 0.522. The molecule has 2 aromatic rings. The third-order valence-electron chi connectivity index (χ3n) is 7.06. The number of carbonyl (C=O) groups excluding carboxylic acids is 2. The van der Waals surface area contributed by atoms with Gasteiger partial charge in [0.05, 0.1) is 11.1 Å². The van der Waals surface area contributed by atoms with E-state index in [9.17, 15) is 14.9 Å². The number of carbonyl (C=O) groups is 2. The van der Waals surface area contributed by atoms with E-state index in [2.05, 4.69) is 6.07 Å². The summed E-state index contributed by atoms with van der Waals surface area (Å²) in [7, 11) is 0. The molecule has 1 aliphatic carbocycles. The van der Waals surface area contributed by atoms with Gasteiger partial charge in [-0.2, -0.15) is 5.26 Å². The van der Waals surface area contributed by atoms with Crippen LogP contribution in [0.3, 0.4) is 0 Å². The molecular formula is C23H26N4O2. The summed E-state index contributed by atoms with van der Waals surface area (Å²) in [6, 6.07) is 10.4. The molecule has 2 aliphatic heterocycles. The average molecular weight is 390 g/mol. The Morgan fingerprint density at radius 1 is 1.21 bits per heavy atom. The number of rotatable bonds is 3. The highest BCUT2D eigenvalue weighted by Gasteiger charge is 2.54. The molecule has 0 N–H and O–H groups in total. The van der Waals surface area contributed by atoms with Crippen LogP contribution in [0.1, 0.15) is 49.8 Å². The lowest BCUT2D eigenvalue weighted by Crippen LogP contribution is -2.62. The molecular weight excluding hydrogens is 364 g/mol. The summed E-state index contributed by atoms with van der Waals surface area (Å²) in [4.78, 5) is 30.8. The molecule has 2 amide bonds. The Kier molecular flexibility index (Phi) is 4.16. The van der Waals surface area contributed by atoms with Crippen molar-refractivity contribution < 1.29 is 9.59 Å². The van der Waals surface area contributed by atoms with Crippen LogP contribution in [0, 0.1) is 18.3 Å². The van der Waals surface area contributed by atoms with Crippen molar-refractivity contribution in [3.05, 3.63) is 35.5 Å². The first-order valence-corrected chi connectivity index (χ1v) is 10.7. The van der Waals surface area contributed by atoms with Gasteiger partial charge >= 0.3 is 0 Å². The maximum atomic E-state index is 13.5. The van der Waals surface area contributed by atoms with Gasteiger partial charge in [0.2, 0.25) is 11.8 Å². The van der Waals surface area contributed by atoms with Gasteiger partial charge in [-0.3, -0.25) is 9.59 Å². The third-order valence-corrected chi connectivity index (χ3v) is 7.06. The van der Waals surface area contributed by atoms with Crippen LogP contribution in [-0.2, 0) is 16.1 Å². The van der Waals surface area contributed by atoms with Gasteiger partial charge in [-0.1, -0.05) is 18.2 Å². The van der Waals surface area contributed by atoms with E-state index in [1.165, 1.54) is 0 Å². The lowest BCUT2D eigenvalue weighted by atomic mass is 9.85. The number of para-hydroxylation sites is 1. The SMILES string of the molecule is Cc1c(C#N)c2ccccc2n1CC(=O)N1CCCC12CCCN(C1CC1)C2=O. The lowest BCUT2D eigenvalue weighted by molar-refractivity contribution is -0.156. The Labute approximate surface area is 170 Å². The number of benzene rings is 1. The zero-order valence-corrected chi connectivity index (χ0v) is 16.9. The minimum Gasteiger partial charge on any atom is -0.338 e. The summed E-state index contributed by atoms with van der Waals surface area (Å²) in [5.74, 6) is 0.158. The van der Waals surface area contributed by atoms with Crippen LogP contribution in [0.2, 0.25) is 0 Å². The standard InChI is InChI=1S/C23H26N4O2/c1-16-19(14-24)18-6-2-3-7-20(18)26(16)15-21(28)27-13-5-11-23(27)10-4-12-25(22(23)29)17-8-9-17/h2-3,6-7,17H,4-5,8-13,15H2,1H3. The van der Waals surface area contributed by atoms with E-state index >= 15 is 0 Å². The van der Waals surface area contributed by atoms with Crippen molar-refractivity contribution in [3.8, 4) is 6.07 Å². The minimum atomic E-state index is -0.646. The number of nitriles is 1. The maximum absolute atomic E-state index is 13.5. The van der Waals surface area contributed by atoms with E-state index in [1.54, 1.807) is 0 Å². The second-order valence-electron chi connectivity index (χ2n) is 8.69. The molecule has 5 rings (SSSR count). The number of hydrogen-bond acceptors (Lipinski definition) is 3. The molecule has 1 saturated carbocycles. The number of aromatic nitrogens is 1. The Bertz CT molecular complexity index is 1050. The smallest absolute Gasteiger partial charge is 0.248 e. The van der Waals surface area contributed by atoms with E-state index in [1.807, 2.05) is 45.6 Å². The van der Waals surface area contributed by atoms with Crippen molar-refractivity contribution in [2.45, 2.75) is 63.6 Å². The van der Waals surface area contributed by atoms with E-state index in [0.29, 0.717) is 18.2 Å². The number of nitrogens with zero attached hydrogens (tertiary/aromatic N) is 4. The highest BCUT2D eigenvalue weighted by molar-refractivity contribution is 5.94. The van der Waals surface area contributed by atoms with Crippen molar-refractivity contribution in [1.82, 2.24) is 14.4 Å². The Hall–Kier alpha value is -2.81. The van der Waals surface area contributed by atoms with Crippen LogP contribution in [0.25, 0.3) is 10.9 Å². The fourth-order valence-electron chi connectivity index (χ4n) is 5.47. The van der Waals surface area contributed by atoms with Gasteiger partial charge in [0.25, 0.3) is 0 Å². The van der Waals surface area contributed by atoms with Crippen LogP contribution in [0.4, 0.5) is 0 Å². The number of fused-ring (bicyclic) bond motifs is 1. The summed E-state index contributed by atoms with van der Waals surface area (Å²) in [5.41, 5.74) is 1.69. The molecule has 1 unspecified atom stereocenters. The first-order chi connectivity index (χ1) is 14.1. The van der Waals surface area contributed by atoms with Crippen LogP contribution in [-0.4, -0.2) is 50.9 Å². The molecule has 2 saturated heterocycles. The van der Waals surface area contributed by atoms with Crippen LogP contribution in [0.15, 0.2) is 24.3 Å². The van der Waals surface area contributed by atoms with Crippen molar-refractivity contribution in [1.29, 1.82) is 5.26 Å². The second-order valence-corrected chi connectivity index (χ2v) is 8.69. The Morgan fingerprint density at radius 2 is 1.93 bits per heavy atom. The van der Waals surface area contributed by atoms with Gasteiger partial charge in [-0.25, -0.2) is 0 Å². The van der Waals surface area contributed by atoms with Crippen LogP contribution >= 0.6 is 0 Å². The molecule has 1 aromatic carbocycles. The largest absolute Gasteiger partial charge is 0.338 e. The Balaban J connectivity index is 1.47. The van der Waals surface area contributed by atoms with Gasteiger partial charge in [0.1, 0.15) is 18.2 Å². The molecule has 1 atom stereocenters. The second kappa shape index (κ2) is 6.62. The summed E-state index contributed by atoms with van der Waals surface area (Å²) in [6.45, 7) is 3.55.